The molecule has 0 spiro atoms. The van der Waals surface area contributed by atoms with Crippen LogP contribution in [0.15, 0.2) is 28.7 Å². The van der Waals surface area contributed by atoms with Crippen molar-refractivity contribution in [3.05, 3.63) is 34.3 Å². The van der Waals surface area contributed by atoms with Crippen LogP contribution in [0, 0.1) is 11.8 Å². The summed E-state index contributed by atoms with van der Waals surface area (Å²) < 4.78 is 1.15. The Balaban J connectivity index is 1.87. The summed E-state index contributed by atoms with van der Waals surface area (Å²) in [6, 6.07) is 8.66. The molecule has 0 N–H and O–H groups in total. The standard InChI is InChI=1S/C15H20BrCl/c16-15-7-5-13(6-8-15)10-14(11-17)9-12-3-1-2-4-12/h5-8,12,14H,1-4,9-11H2. The lowest BCUT2D eigenvalue weighted by Crippen LogP contribution is -2.11. The van der Waals surface area contributed by atoms with Crippen molar-refractivity contribution in [3.8, 4) is 0 Å². The predicted molar refractivity (Wildman–Crippen MR) is 78.6 cm³/mol. The maximum Gasteiger partial charge on any atom is 0.0255 e. The lowest BCUT2D eigenvalue weighted by molar-refractivity contribution is 0.399. The molecule has 1 aliphatic carbocycles. The molecule has 0 amide bonds. The van der Waals surface area contributed by atoms with Gasteiger partial charge in [-0.15, -0.1) is 11.6 Å². The van der Waals surface area contributed by atoms with Crippen molar-refractivity contribution in [1.82, 2.24) is 0 Å². The molecular weight excluding hydrogens is 296 g/mol. The van der Waals surface area contributed by atoms with Crippen molar-refractivity contribution in [2.75, 3.05) is 5.88 Å². The van der Waals surface area contributed by atoms with E-state index < -0.39 is 0 Å². The first-order chi connectivity index (χ1) is 8.28. The van der Waals surface area contributed by atoms with E-state index in [4.69, 9.17) is 11.6 Å². The van der Waals surface area contributed by atoms with Gasteiger partial charge < -0.3 is 0 Å². The third-order valence-corrected chi connectivity index (χ3v) is 4.76. The van der Waals surface area contributed by atoms with Crippen molar-refractivity contribution in [1.29, 1.82) is 0 Å². The van der Waals surface area contributed by atoms with Crippen LogP contribution in [0.3, 0.4) is 0 Å². The molecule has 1 aromatic carbocycles. The van der Waals surface area contributed by atoms with Gasteiger partial charge in [0.25, 0.3) is 0 Å². The second-order valence-corrected chi connectivity index (χ2v) is 6.46. The third kappa shape index (κ3) is 4.30. The van der Waals surface area contributed by atoms with Crippen LogP contribution in [0.4, 0.5) is 0 Å². The van der Waals surface area contributed by atoms with E-state index in [0.29, 0.717) is 5.92 Å². The van der Waals surface area contributed by atoms with Crippen molar-refractivity contribution < 1.29 is 0 Å². The van der Waals surface area contributed by atoms with Gasteiger partial charge in [0, 0.05) is 10.4 Å². The second kappa shape index (κ2) is 6.80. The molecule has 0 radical (unpaired) electrons. The molecule has 1 atom stereocenters. The number of benzene rings is 1. The Morgan fingerprint density at radius 2 is 1.82 bits per heavy atom. The summed E-state index contributed by atoms with van der Waals surface area (Å²) >= 11 is 9.59. The molecule has 0 aliphatic heterocycles. The van der Waals surface area contributed by atoms with Crippen LogP contribution in [-0.2, 0) is 6.42 Å². The summed E-state index contributed by atoms with van der Waals surface area (Å²) in [6.45, 7) is 0. The van der Waals surface area contributed by atoms with E-state index in [2.05, 4.69) is 40.2 Å². The summed E-state index contributed by atoms with van der Waals surface area (Å²) in [6.07, 6.45) is 8.16. The molecule has 1 fully saturated rings. The number of alkyl halides is 1. The molecule has 17 heavy (non-hydrogen) atoms. The summed E-state index contributed by atoms with van der Waals surface area (Å²) in [4.78, 5) is 0. The van der Waals surface area contributed by atoms with Crippen LogP contribution in [0.1, 0.15) is 37.7 Å². The quantitative estimate of drug-likeness (QED) is 0.636. The van der Waals surface area contributed by atoms with Gasteiger partial charge in [-0.1, -0.05) is 53.7 Å². The van der Waals surface area contributed by atoms with E-state index in [1.54, 1.807) is 0 Å². The van der Waals surface area contributed by atoms with Crippen LogP contribution in [0.25, 0.3) is 0 Å². The van der Waals surface area contributed by atoms with Crippen LogP contribution in [-0.4, -0.2) is 5.88 Å². The molecule has 2 heteroatoms. The van der Waals surface area contributed by atoms with Gasteiger partial charge in [0.05, 0.1) is 0 Å². The van der Waals surface area contributed by atoms with Gasteiger partial charge in [-0.25, -0.2) is 0 Å². The van der Waals surface area contributed by atoms with Crippen molar-refractivity contribution in [2.45, 2.75) is 38.5 Å². The molecule has 1 saturated carbocycles. The Labute approximate surface area is 118 Å². The molecule has 0 nitrogen and oxygen atoms in total. The fourth-order valence-corrected chi connectivity index (χ4v) is 3.37. The van der Waals surface area contributed by atoms with Gasteiger partial charge in [-0.2, -0.15) is 0 Å². The average molecular weight is 316 g/mol. The van der Waals surface area contributed by atoms with Crippen LogP contribution < -0.4 is 0 Å². The zero-order valence-electron chi connectivity index (χ0n) is 10.2. The highest BCUT2D eigenvalue weighted by atomic mass is 79.9. The largest absolute Gasteiger partial charge is 0.126 e. The van der Waals surface area contributed by atoms with Crippen LogP contribution in [0.5, 0.6) is 0 Å². The van der Waals surface area contributed by atoms with Gasteiger partial charge in [0.2, 0.25) is 0 Å². The first-order valence-corrected chi connectivity index (χ1v) is 7.91. The highest BCUT2D eigenvalue weighted by Gasteiger charge is 2.19. The smallest absolute Gasteiger partial charge is 0.0255 e. The summed E-state index contributed by atoms with van der Waals surface area (Å²) in [5, 5.41) is 0. The van der Waals surface area contributed by atoms with Gasteiger partial charge in [-0.05, 0) is 42.4 Å². The van der Waals surface area contributed by atoms with E-state index in [0.717, 1.165) is 22.7 Å². The van der Waals surface area contributed by atoms with E-state index in [9.17, 15) is 0 Å². The van der Waals surface area contributed by atoms with Gasteiger partial charge >= 0.3 is 0 Å². The van der Waals surface area contributed by atoms with Gasteiger partial charge in [-0.3, -0.25) is 0 Å². The van der Waals surface area contributed by atoms with E-state index in [1.165, 1.54) is 37.7 Å². The number of hydrogen-bond donors (Lipinski definition) is 0. The zero-order chi connectivity index (χ0) is 12.1. The monoisotopic (exact) mass is 314 g/mol. The molecule has 0 saturated heterocycles. The molecule has 94 valence electrons. The minimum Gasteiger partial charge on any atom is -0.126 e. The van der Waals surface area contributed by atoms with Crippen molar-refractivity contribution >= 4 is 27.5 Å². The Morgan fingerprint density at radius 3 is 2.41 bits per heavy atom. The summed E-state index contributed by atoms with van der Waals surface area (Å²) in [7, 11) is 0. The summed E-state index contributed by atoms with van der Waals surface area (Å²) in [5.74, 6) is 2.39. The fraction of sp³-hybridized carbons (Fsp3) is 0.600. The topological polar surface area (TPSA) is 0 Å². The van der Waals surface area contributed by atoms with Gasteiger partial charge in [0.15, 0.2) is 0 Å². The zero-order valence-corrected chi connectivity index (χ0v) is 12.5. The molecule has 0 bridgehead atoms. The number of hydrogen-bond acceptors (Lipinski definition) is 0. The van der Waals surface area contributed by atoms with Gasteiger partial charge in [0.1, 0.15) is 0 Å². The van der Waals surface area contributed by atoms with Crippen molar-refractivity contribution in [2.24, 2.45) is 11.8 Å². The predicted octanol–water partition coefficient (Wildman–Crippen LogP) is 5.43. The highest BCUT2D eigenvalue weighted by molar-refractivity contribution is 9.10. The highest BCUT2D eigenvalue weighted by Crippen LogP contribution is 2.32. The molecule has 2 rings (SSSR count). The SMILES string of the molecule is ClCC(Cc1ccc(Br)cc1)CC1CCCC1. The molecular formula is C15H20BrCl. The normalized spacial score (nSPS) is 18.5. The Kier molecular flexibility index (Phi) is 5.37. The third-order valence-electron chi connectivity index (χ3n) is 3.80. The van der Waals surface area contributed by atoms with Crippen LogP contribution >= 0.6 is 27.5 Å². The average Bonchev–Trinajstić information content (AvgIpc) is 2.84. The number of halogens is 2. The maximum atomic E-state index is 6.12. The lowest BCUT2D eigenvalue weighted by atomic mass is 9.90. The van der Waals surface area contributed by atoms with Crippen LogP contribution in [0.2, 0.25) is 0 Å². The molecule has 0 heterocycles. The van der Waals surface area contributed by atoms with E-state index >= 15 is 0 Å². The van der Waals surface area contributed by atoms with E-state index in [1.807, 2.05) is 0 Å². The maximum absolute atomic E-state index is 6.12. The number of rotatable bonds is 5. The van der Waals surface area contributed by atoms with E-state index in [-0.39, 0.29) is 0 Å². The molecule has 1 aliphatic rings. The molecule has 1 aromatic rings. The first kappa shape index (κ1) is 13.4. The molecule has 1 unspecified atom stereocenters. The lowest BCUT2D eigenvalue weighted by Gasteiger charge is -2.18. The van der Waals surface area contributed by atoms with Crippen molar-refractivity contribution in [3.63, 3.8) is 0 Å². The second-order valence-electron chi connectivity index (χ2n) is 5.24. The Morgan fingerprint density at radius 1 is 1.18 bits per heavy atom. The minimum atomic E-state index is 0.654. The first-order valence-electron chi connectivity index (χ1n) is 6.58. The summed E-state index contributed by atoms with van der Waals surface area (Å²) in [5.41, 5.74) is 1.41. The Bertz CT molecular complexity index is 327. The fourth-order valence-electron chi connectivity index (χ4n) is 2.87. The molecule has 0 aromatic heterocycles. The minimum absolute atomic E-state index is 0.654. The Hall–Kier alpha value is -0.0100.